The summed E-state index contributed by atoms with van der Waals surface area (Å²) in [5.74, 6) is -2.04. The van der Waals surface area contributed by atoms with Crippen LogP contribution in [0.5, 0.6) is 0 Å². The van der Waals surface area contributed by atoms with E-state index in [0.717, 1.165) is 51.5 Å². The summed E-state index contributed by atoms with van der Waals surface area (Å²) >= 11 is 0. The van der Waals surface area contributed by atoms with Gasteiger partial charge in [-0.3, -0.25) is 9.59 Å². The SMILES string of the molecule is CC(C)CC(=O)OC1CCCCCCCC(O[C@H]2C[C@@H](C)N(C)C[C@H](C)O2)CCOC(=O)C1=O. The van der Waals surface area contributed by atoms with E-state index in [-0.39, 0.29) is 37.4 Å². The minimum atomic E-state index is -1.06. The normalized spacial score (nSPS) is 31.4. The Morgan fingerprint density at radius 3 is 2.44 bits per heavy atom. The van der Waals surface area contributed by atoms with Crippen molar-refractivity contribution in [2.45, 2.75) is 123 Å². The average molecular weight is 484 g/mol. The Morgan fingerprint density at radius 1 is 1.06 bits per heavy atom. The second kappa shape index (κ2) is 14.8. The van der Waals surface area contributed by atoms with Crippen LogP contribution in [-0.4, -0.2) is 73.5 Å². The van der Waals surface area contributed by atoms with E-state index in [1.54, 1.807) is 0 Å². The van der Waals surface area contributed by atoms with Crippen LogP contribution in [0, 0.1) is 5.92 Å². The van der Waals surface area contributed by atoms with Crippen LogP contribution in [-0.2, 0) is 33.3 Å². The second-order valence-electron chi connectivity index (χ2n) is 10.4. The largest absolute Gasteiger partial charge is 0.460 e. The molecule has 196 valence electrons. The molecule has 2 heterocycles. The van der Waals surface area contributed by atoms with Crippen LogP contribution in [0.1, 0.15) is 91.9 Å². The Bertz CT molecular complexity index is 653. The van der Waals surface area contributed by atoms with Gasteiger partial charge < -0.3 is 23.8 Å². The van der Waals surface area contributed by atoms with Gasteiger partial charge in [0.05, 0.1) is 18.8 Å². The monoisotopic (exact) mass is 483 g/mol. The van der Waals surface area contributed by atoms with Gasteiger partial charge in [0.25, 0.3) is 5.78 Å². The zero-order valence-corrected chi connectivity index (χ0v) is 21.8. The highest BCUT2D eigenvalue weighted by molar-refractivity contribution is 6.35. The van der Waals surface area contributed by atoms with Crippen molar-refractivity contribution in [1.29, 1.82) is 0 Å². The van der Waals surface area contributed by atoms with E-state index in [4.69, 9.17) is 18.9 Å². The summed E-state index contributed by atoms with van der Waals surface area (Å²) < 4.78 is 23.1. The van der Waals surface area contributed by atoms with Crippen LogP contribution in [0.25, 0.3) is 0 Å². The molecule has 0 aromatic heterocycles. The van der Waals surface area contributed by atoms with Crippen LogP contribution >= 0.6 is 0 Å². The van der Waals surface area contributed by atoms with Gasteiger partial charge in [0.15, 0.2) is 12.4 Å². The van der Waals surface area contributed by atoms with Crippen molar-refractivity contribution in [3.05, 3.63) is 0 Å². The van der Waals surface area contributed by atoms with E-state index in [2.05, 4.69) is 25.8 Å². The number of carbonyl (C=O) groups is 3. The fourth-order valence-corrected chi connectivity index (χ4v) is 4.49. The molecule has 2 aliphatic rings. The lowest BCUT2D eigenvalue weighted by Crippen LogP contribution is -2.35. The molecular formula is C26H45NO7. The molecule has 0 saturated carbocycles. The van der Waals surface area contributed by atoms with Crippen LogP contribution in [0.15, 0.2) is 0 Å². The number of nitrogens with zero attached hydrogens (tertiary/aromatic N) is 1. The molecule has 2 saturated heterocycles. The molecule has 0 aromatic carbocycles. The highest BCUT2D eigenvalue weighted by Crippen LogP contribution is 2.22. The fraction of sp³-hybridized carbons (Fsp3) is 0.885. The molecule has 0 aromatic rings. The standard InChI is InChI=1S/C26H45NO7/c1-18(2)15-23(28)34-22-12-10-8-6-7-9-11-21(13-14-31-26(30)25(22)29)33-24-16-19(3)27(5)17-20(4)32-24/h18-22,24H,6-17H2,1-5H3/t19-,20+,21?,22?,24+/m1/s1. The number of esters is 2. The first kappa shape index (κ1) is 28.7. The number of ketones is 1. The van der Waals surface area contributed by atoms with Gasteiger partial charge in [-0.05, 0) is 46.1 Å². The number of rotatable bonds is 5. The highest BCUT2D eigenvalue weighted by Gasteiger charge is 2.31. The third-order valence-corrected chi connectivity index (χ3v) is 6.57. The molecule has 34 heavy (non-hydrogen) atoms. The fourth-order valence-electron chi connectivity index (χ4n) is 4.49. The lowest BCUT2D eigenvalue weighted by Gasteiger charge is -2.27. The van der Waals surface area contributed by atoms with Gasteiger partial charge in [-0.1, -0.05) is 39.5 Å². The second-order valence-corrected chi connectivity index (χ2v) is 10.4. The van der Waals surface area contributed by atoms with Gasteiger partial charge in [0.2, 0.25) is 0 Å². The van der Waals surface area contributed by atoms with E-state index in [9.17, 15) is 14.4 Å². The summed E-state index contributed by atoms with van der Waals surface area (Å²) in [5, 5.41) is 0. The molecule has 2 aliphatic heterocycles. The van der Waals surface area contributed by atoms with Gasteiger partial charge in [-0.2, -0.15) is 0 Å². The van der Waals surface area contributed by atoms with Crippen molar-refractivity contribution < 1.29 is 33.3 Å². The molecule has 0 N–H and O–H groups in total. The highest BCUT2D eigenvalue weighted by atomic mass is 16.7. The number of hydrogen-bond acceptors (Lipinski definition) is 8. The van der Waals surface area contributed by atoms with E-state index in [1.807, 2.05) is 13.8 Å². The van der Waals surface area contributed by atoms with Crippen LogP contribution < -0.4 is 0 Å². The summed E-state index contributed by atoms with van der Waals surface area (Å²) in [6.07, 6.45) is 6.04. The number of hydrogen-bond donors (Lipinski definition) is 0. The Labute approximate surface area is 205 Å². The summed E-state index contributed by atoms with van der Waals surface area (Å²) in [7, 11) is 2.10. The molecule has 8 heteroatoms. The Hall–Kier alpha value is -1.51. The van der Waals surface area contributed by atoms with Crippen LogP contribution in [0.4, 0.5) is 0 Å². The molecular weight excluding hydrogens is 438 g/mol. The summed E-state index contributed by atoms with van der Waals surface area (Å²) in [4.78, 5) is 39.5. The Morgan fingerprint density at radius 2 is 1.74 bits per heavy atom. The molecule has 0 bridgehead atoms. The first-order chi connectivity index (χ1) is 16.2. The number of cyclic esters (lactones) is 1. The van der Waals surface area contributed by atoms with Crippen molar-refractivity contribution >= 4 is 17.7 Å². The number of Topliss-reactive ketones (excluding diaryl/α,β-unsaturated/α-hetero) is 1. The van der Waals surface area contributed by atoms with Crippen molar-refractivity contribution in [2.24, 2.45) is 5.92 Å². The van der Waals surface area contributed by atoms with E-state index >= 15 is 0 Å². The molecule has 0 spiro atoms. The van der Waals surface area contributed by atoms with Crippen LogP contribution in [0.3, 0.4) is 0 Å². The van der Waals surface area contributed by atoms with Gasteiger partial charge >= 0.3 is 11.9 Å². The molecule has 0 radical (unpaired) electrons. The average Bonchev–Trinajstić information content (AvgIpc) is 2.86. The smallest absolute Gasteiger partial charge is 0.378 e. The van der Waals surface area contributed by atoms with E-state index < -0.39 is 23.8 Å². The van der Waals surface area contributed by atoms with Gasteiger partial charge in [-0.15, -0.1) is 0 Å². The minimum Gasteiger partial charge on any atom is -0.460 e. The number of carbonyl (C=O) groups excluding carboxylic acids is 3. The molecule has 2 unspecified atom stereocenters. The predicted octanol–water partition coefficient (Wildman–Crippen LogP) is 4.03. The molecule has 0 aliphatic carbocycles. The molecule has 8 nitrogen and oxygen atoms in total. The zero-order valence-electron chi connectivity index (χ0n) is 21.8. The lowest BCUT2D eigenvalue weighted by molar-refractivity contribution is -0.192. The van der Waals surface area contributed by atoms with Crippen molar-refractivity contribution in [3.8, 4) is 0 Å². The van der Waals surface area contributed by atoms with Crippen molar-refractivity contribution in [2.75, 3.05) is 20.2 Å². The maximum atomic E-state index is 12.7. The van der Waals surface area contributed by atoms with Gasteiger partial charge in [0.1, 0.15) is 0 Å². The van der Waals surface area contributed by atoms with E-state index in [1.165, 1.54) is 0 Å². The summed E-state index contributed by atoms with van der Waals surface area (Å²) in [5.41, 5.74) is 0. The third kappa shape index (κ3) is 10.4. The zero-order chi connectivity index (χ0) is 25.1. The predicted molar refractivity (Wildman–Crippen MR) is 128 cm³/mol. The first-order valence-electron chi connectivity index (χ1n) is 13.1. The lowest BCUT2D eigenvalue weighted by atomic mass is 10.0. The maximum Gasteiger partial charge on any atom is 0.378 e. The Kier molecular flexibility index (Phi) is 12.5. The minimum absolute atomic E-state index is 0.0734. The molecule has 0 amide bonds. The van der Waals surface area contributed by atoms with Crippen LogP contribution in [0.2, 0.25) is 0 Å². The maximum absolute atomic E-state index is 12.7. The van der Waals surface area contributed by atoms with Gasteiger partial charge in [-0.25, -0.2) is 4.79 Å². The first-order valence-corrected chi connectivity index (χ1v) is 13.1. The molecule has 2 fully saturated rings. The number of ether oxygens (including phenoxy) is 4. The molecule has 2 rings (SSSR count). The molecule has 5 atom stereocenters. The van der Waals surface area contributed by atoms with E-state index in [0.29, 0.717) is 18.9 Å². The topological polar surface area (TPSA) is 91.4 Å². The summed E-state index contributed by atoms with van der Waals surface area (Å²) in [6, 6.07) is 0.347. The van der Waals surface area contributed by atoms with Gasteiger partial charge in [0, 0.05) is 31.8 Å². The van der Waals surface area contributed by atoms with Crippen molar-refractivity contribution in [1.82, 2.24) is 4.90 Å². The number of likely N-dealkylation sites (N-methyl/N-ethyl adjacent to an activating group) is 1. The summed E-state index contributed by atoms with van der Waals surface area (Å²) in [6.45, 7) is 8.97. The Balaban J connectivity index is 1.97. The van der Waals surface area contributed by atoms with Crippen molar-refractivity contribution in [3.63, 3.8) is 0 Å². The quantitative estimate of drug-likeness (QED) is 0.428. The third-order valence-electron chi connectivity index (χ3n) is 6.57.